The molecule has 204 valence electrons. The molecular weight excluding hydrogens is 596 g/mol. The topological polar surface area (TPSA) is 92.8 Å². The molecule has 1 saturated heterocycles. The fraction of sp³-hybridized carbons (Fsp3) is 0.290. The number of halogens is 2. The van der Waals surface area contributed by atoms with Gasteiger partial charge in [0.25, 0.3) is 5.91 Å². The number of hydrogen-bond donors (Lipinski definition) is 1. The van der Waals surface area contributed by atoms with Crippen LogP contribution in [0.1, 0.15) is 40.2 Å². The molecule has 6 rings (SSSR count). The third kappa shape index (κ3) is 4.53. The Hall–Kier alpha value is -3.49. The predicted molar refractivity (Wildman–Crippen MR) is 154 cm³/mol. The Morgan fingerprint density at radius 2 is 1.75 bits per heavy atom. The van der Waals surface area contributed by atoms with E-state index in [1.54, 1.807) is 31.2 Å². The van der Waals surface area contributed by atoms with Gasteiger partial charge in [0.05, 0.1) is 28.1 Å². The summed E-state index contributed by atoms with van der Waals surface area (Å²) in [7, 11) is 0. The van der Waals surface area contributed by atoms with Gasteiger partial charge < -0.3 is 10.1 Å². The second-order valence-electron chi connectivity index (χ2n) is 10.7. The Kier molecular flexibility index (Phi) is 7.00. The van der Waals surface area contributed by atoms with Crippen LogP contribution < -0.4 is 10.2 Å². The molecule has 5 atom stereocenters. The van der Waals surface area contributed by atoms with E-state index in [0.29, 0.717) is 26.4 Å². The molecule has 3 aromatic rings. The molecule has 2 aliphatic carbocycles. The maximum absolute atomic E-state index is 13.6. The molecule has 7 nitrogen and oxygen atoms in total. The van der Waals surface area contributed by atoms with Crippen LogP contribution in [0.15, 0.2) is 71.2 Å². The number of carbonyl (C=O) groups excluding carboxylic acids is 4. The summed E-state index contributed by atoms with van der Waals surface area (Å²) in [5.41, 5.74) is 2.90. The monoisotopic (exact) mass is 620 g/mol. The number of fused-ring (bicyclic) bond motifs is 5. The highest BCUT2D eigenvalue weighted by atomic mass is 79.9. The first-order valence-electron chi connectivity index (χ1n) is 13.2. The van der Waals surface area contributed by atoms with E-state index in [1.807, 2.05) is 18.2 Å². The van der Waals surface area contributed by atoms with E-state index >= 15 is 0 Å². The number of hydrogen-bond acceptors (Lipinski definition) is 5. The zero-order chi connectivity index (χ0) is 28.1. The molecule has 40 heavy (non-hydrogen) atoms. The van der Waals surface area contributed by atoms with Crippen molar-refractivity contribution in [3.8, 4) is 0 Å². The minimum absolute atomic E-state index is 0.134. The van der Waals surface area contributed by atoms with Crippen LogP contribution in [0.3, 0.4) is 0 Å². The van der Waals surface area contributed by atoms with Crippen LogP contribution in [0.25, 0.3) is 0 Å². The molecule has 3 amide bonds. The molecule has 2 saturated carbocycles. The van der Waals surface area contributed by atoms with Crippen LogP contribution in [-0.2, 0) is 19.1 Å². The molecular formula is C31H26BrClN2O5. The minimum Gasteiger partial charge on any atom is -0.452 e. The summed E-state index contributed by atoms with van der Waals surface area (Å²) in [5.74, 6) is -1.71. The number of amides is 3. The molecule has 1 aliphatic heterocycles. The van der Waals surface area contributed by atoms with Gasteiger partial charge in [0.1, 0.15) is 0 Å². The molecule has 0 aromatic heterocycles. The van der Waals surface area contributed by atoms with Gasteiger partial charge in [-0.3, -0.25) is 19.3 Å². The lowest BCUT2D eigenvalue weighted by molar-refractivity contribution is -0.123. The summed E-state index contributed by atoms with van der Waals surface area (Å²) in [5, 5.41) is 3.16. The normalized spacial score (nSPS) is 24.8. The summed E-state index contributed by atoms with van der Waals surface area (Å²) < 4.78 is 5.93. The third-order valence-electron chi connectivity index (χ3n) is 8.53. The highest BCUT2D eigenvalue weighted by Crippen LogP contribution is 2.61. The first-order chi connectivity index (χ1) is 19.2. The molecule has 0 spiro atoms. The average molecular weight is 622 g/mol. The van der Waals surface area contributed by atoms with Crippen molar-refractivity contribution in [2.75, 3.05) is 16.8 Å². The Bertz CT molecular complexity index is 1540. The fourth-order valence-electron chi connectivity index (χ4n) is 6.76. The van der Waals surface area contributed by atoms with E-state index in [0.717, 1.165) is 12.8 Å². The standard InChI is InChI=1S/C31H26BrClN2O5/c1-16-24(11-10-23(32)28(16)33)34-25(36)15-40-31(39)18-8-5-9-20(12-18)35-29(37)26-19-13-21(17-6-3-2-4-7-17)22(14-19)27(26)30(35)38/h2-12,19,21-22,26-27H,13-15H2,1H3,(H,34,36)/t19-,21-,22+,26+,27-/m0/s1. The number of anilines is 2. The van der Waals surface area contributed by atoms with Gasteiger partial charge in [-0.1, -0.05) is 48.0 Å². The molecule has 0 radical (unpaired) electrons. The lowest BCUT2D eigenvalue weighted by Gasteiger charge is -2.28. The zero-order valence-corrected chi connectivity index (χ0v) is 23.9. The number of benzene rings is 3. The molecule has 0 unspecified atom stereocenters. The van der Waals surface area contributed by atoms with Crippen molar-refractivity contribution in [1.29, 1.82) is 0 Å². The van der Waals surface area contributed by atoms with Crippen LogP contribution in [0, 0.1) is 30.6 Å². The van der Waals surface area contributed by atoms with E-state index in [-0.39, 0.29) is 47.0 Å². The number of imide groups is 1. The largest absolute Gasteiger partial charge is 0.452 e. The number of nitrogens with one attached hydrogen (secondary N) is 1. The molecule has 3 aliphatic rings. The van der Waals surface area contributed by atoms with Crippen LogP contribution in [0.2, 0.25) is 5.02 Å². The maximum atomic E-state index is 13.6. The zero-order valence-electron chi connectivity index (χ0n) is 21.6. The molecule has 1 N–H and O–H groups in total. The quantitative estimate of drug-likeness (QED) is 0.264. The van der Waals surface area contributed by atoms with E-state index in [2.05, 4.69) is 33.4 Å². The van der Waals surface area contributed by atoms with Gasteiger partial charge in [-0.25, -0.2) is 4.79 Å². The van der Waals surface area contributed by atoms with Crippen LogP contribution in [0.4, 0.5) is 11.4 Å². The SMILES string of the molecule is Cc1c(NC(=O)COC(=O)c2cccc(N3C(=O)[C@@H]4[C@@H]5C[C@@H]([C@@H]4C3=O)[C@H](c3ccccc3)C5)c2)ccc(Br)c1Cl. The Morgan fingerprint density at radius 3 is 2.52 bits per heavy atom. The summed E-state index contributed by atoms with van der Waals surface area (Å²) >= 11 is 9.55. The van der Waals surface area contributed by atoms with Crippen molar-refractivity contribution in [1.82, 2.24) is 0 Å². The second kappa shape index (κ2) is 10.5. The van der Waals surface area contributed by atoms with Gasteiger partial charge in [-0.2, -0.15) is 0 Å². The van der Waals surface area contributed by atoms with Crippen LogP contribution in [0.5, 0.6) is 0 Å². The first kappa shape index (κ1) is 26.7. The van der Waals surface area contributed by atoms with Crippen molar-refractivity contribution < 1.29 is 23.9 Å². The van der Waals surface area contributed by atoms with E-state index in [4.69, 9.17) is 16.3 Å². The fourth-order valence-corrected chi connectivity index (χ4v) is 7.35. The lowest BCUT2D eigenvalue weighted by atomic mass is 9.73. The molecule has 2 bridgehead atoms. The summed E-state index contributed by atoms with van der Waals surface area (Å²) in [6.45, 7) is 1.26. The van der Waals surface area contributed by atoms with E-state index < -0.39 is 18.5 Å². The summed E-state index contributed by atoms with van der Waals surface area (Å²) in [4.78, 5) is 53.6. The van der Waals surface area contributed by atoms with E-state index in [9.17, 15) is 19.2 Å². The van der Waals surface area contributed by atoms with Crippen molar-refractivity contribution in [2.45, 2.75) is 25.7 Å². The number of rotatable bonds is 6. The van der Waals surface area contributed by atoms with Gasteiger partial charge in [-0.15, -0.1) is 0 Å². The average Bonchev–Trinajstić information content (AvgIpc) is 3.63. The van der Waals surface area contributed by atoms with Gasteiger partial charge in [0.15, 0.2) is 6.61 Å². The molecule has 9 heteroatoms. The predicted octanol–water partition coefficient (Wildman–Crippen LogP) is 6.14. The Labute approximate surface area is 245 Å². The lowest BCUT2D eigenvalue weighted by Crippen LogP contribution is -2.33. The van der Waals surface area contributed by atoms with Gasteiger partial charge >= 0.3 is 5.97 Å². The summed E-state index contributed by atoms with van der Waals surface area (Å²) in [6, 6.07) is 19.9. The Balaban J connectivity index is 1.13. The van der Waals surface area contributed by atoms with Gasteiger partial charge in [-0.05, 0) is 94.9 Å². The first-order valence-corrected chi connectivity index (χ1v) is 14.4. The molecule has 1 heterocycles. The summed E-state index contributed by atoms with van der Waals surface area (Å²) in [6.07, 6.45) is 1.80. The van der Waals surface area contributed by atoms with Crippen LogP contribution >= 0.6 is 27.5 Å². The second-order valence-corrected chi connectivity index (χ2v) is 11.9. The van der Waals surface area contributed by atoms with Crippen molar-refractivity contribution >= 4 is 62.6 Å². The van der Waals surface area contributed by atoms with Crippen molar-refractivity contribution in [3.63, 3.8) is 0 Å². The Morgan fingerprint density at radius 1 is 1.00 bits per heavy atom. The maximum Gasteiger partial charge on any atom is 0.338 e. The highest BCUT2D eigenvalue weighted by molar-refractivity contribution is 9.10. The third-order valence-corrected chi connectivity index (χ3v) is 9.91. The number of ether oxygens (including phenoxy) is 1. The number of carbonyl (C=O) groups is 4. The number of nitrogens with zero attached hydrogens (tertiary/aromatic N) is 1. The van der Waals surface area contributed by atoms with Gasteiger partial charge in [0, 0.05) is 10.2 Å². The number of esters is 1. The molecule has 3 aromatic carbocycles. The van der Waals surface area contributed by atoms with E-state index in [1.165, 1.54) is 22.6 Å². The minimum atomic E-state index is -0.730. The smallest absolute Gasteiger partial charge is 0.338 e. The van der Waals surface area contributed by atoms with Gasteiger partial charge in [0.2, 0.25) is 11.8 Å². The van der Waals surface area contributed by atoms with Crippen molar-refractivity contribution in [3.05, 3.63) is 92.9 Å². The highest BCUT2D eigenvalue weighted by Gasteiger charge is 2.64. The molecule has 3 fully saturated rings. The van der Waals surface area contributed by atoms with Crippen molar-refractivity contribution in [2.24, 2.45) is 23.7 Å². The van der Waals surface area contributed by atoms with Crippen LogP contribution in [-0.4, -0.2) is 30.3 Å².